The number of pyridine rings is 1. The van der Waals surface area contributed by atoms with E-state index < -0.39 is 0 Å². The molecule has 0 saturated carbocycles. The second-order valence-corrected chi connectivity index (χ2v) is 15.5. The first-order valence-electron chi connectivity index (χ1n) is 21.8. The standard InChI is InChI=1S/C53H41N4O.Pt/c1-36-30-45(37-16-7-5-8-17-37)52(46(31-36)38-18-9-6-10-19-38)56-35-55(48-24-13-14-25-49(48)56)40-20-15-21-41(33-40)58-42-26-27-44-43-22-11-12-23-47(43)57(50(44)34-42)51-32-39(28-29-54-51)53(2,3)4;/h5-32,35H,1-4H3;/q-3;/i11D,12D,15D,22D,23D;. The molecule has 7 aromatic carbocycles. The third-order valence-electron chi connectivity index (χ3n) is 10.6. The first-order valence-corrected chi connectivity index (χ1v) is 19.3. The van der Waals surface area contributed by atoms with Crippen LogP contribution in [0.25, 0.3) is 49.9 Å². The van der Waals surface area contributed by atoms with Crippen LogP contribution in [-0.4, -0.2) is 9.55 Å². The molecule has 0 bridgehead atoms. The molecule has 1 aliphatic rings. The molecule has 0 amide bonds. The summed E-state index contributed by atoms with van der Waals surface area (Å²) in [5.74, 6) is 1.10. The van der Waals surface area contributed by atoms with Gasteiger partial charge in [-0.3, -0.25) is 0 Å². The third-order valence-corrected chi connectivity index (χ3v) is 10.6. The average molecular weight is 950 g/mol. The van der Waals surface area contributed by atoms with Crippen LogP contribution in [0.4, 0.5) is 22.7 Å². The van der Waals surface area contributed by atoms with Gasteiger partial charge in [-0.2, -0.15) is 12.1 Å². The number of aryl methyl sites for hydroxylation is 1. The van der Waals surface area contributed by atoms with Crippen LogP contribution in [0.3, 0.4) is 0 Å². The smallest absolute Gasteiger partial charge is 0.135 e. The molecule has 0 atom stereocenters. The summed E-state index contributed by atoms with van der Waals surface area (Å²) in [5, 5.41) is 0.950. The van der Waals surface area contributed by atoms with E-state index in [4.69, 9.17) is 16.6 Å². The molecule has 2 aromatic heterocycles. The van der Waals surface area contributed by atoms with E-state index >= 15 is 0 Å². The van der Waals surface area contributed by atoms with Gasteiger partial charge >= 0.3 is 0 Å². The Hall–Kier alpha value is -6.42. The Morgan fingerprint density at radius 3 is 2.00 bits per heavy atom. The van der Waals surface area contributed by atoms with Gasteiger partial charge in [-0.1, -0.05) is 117 Å². The summed E-state index contributed by atoms with van der Waals surface area (Å²) in [4.78, 5) is 8.95. The van der Waals surface area contributed by atoms with E-state index in [9.17, 15) is 0 Å². The van der Waals surface area contributed by atoms with E-state index in [2.05, 4.69) is 124 Å². The predicted molar refractivity (Wildman–Crippen MR) is 239 cm³/mol. The van der Waals surface area contributed by atoms with Crippen molar-refractivity contribution in [3.63, 3.8) is 0 Å². The molecule has 5 nitrogen and oxygen atoms in total. The molecule has 0 N–H and O–H groups in total. The number of aromatic nitrogens is 2. The van der Waals surface area contributed by atoms with Crippen molar-refractivity contribution in [3.05, 3.63) is 200 Å². The van der Waals surface area contributed by atoms with Crippen molar-refractivity contribution in [2.75, 3.05) is 9.80 Å². The maximum absolute atomic E-state index is 9.01. The van der Waals surface area contributed by atoms with Crippen molar-refractivity contribution in [2.45, 2.75) is 33.1 Å². The van der Waals surface area contributed by atoms with Crippen LogP contribution < -0.4 is 14.5 Å². The summed E-state index contributed by atoms with van der Waals surface area (Å²) >= 11 is 0. The van der Waals surface area contributed by atoms with Gasteiger partial charge in [-0.15, -0.1) is 48.1 Å². The molecular formula is C53H41N4OPt-3. The molecule has 3 heterocycles. The SMILES string of the molecule is [2H]c1cc(Oc2[c-]c3c(cc2)c2c([2H])c([2H])c([2H])c([2H])c2n3-c2cc(C(C)(C)C)ccn2)[c-]c(N2[CH-]N(c3c(-c4ccccc4)cc(C)cc3-c3ccccc3)c3ccccc32)c1.[Pt]. The maximum atomic E-state index is 9.01. The first-order chi connectivity index (χ1) is 30.4. The van der Waals surface area contributed by atoms with Crippen molar-refractivity contribution in [2.24, 2.45) is 0 Å². The molecule has 10 rings (SSSR count). The Kier molecular flexibility index (Phi) is 8.49. The van der Waals surface area contributed by atoms with E-state index in [0.29, 0.717) is 44.8 Å². The Balaban J connectivity index is 0.00000518. The number of nitrogens with zero attached hydrogens (tertiary/aromatic N) is 4. The van der Waals surface area contributed by atoms with Crippen LogP contribution in [-0.2, 0) is 26.5 Å². The zero-order valence-electron chi connectivity index (χ0n) is 37.9. The molecular weight excluding hydrogens is 904 g/mol. The van der Waals surface area contributed by atoms with Gasteiger partial charge in [-0.05, 0) is 82.4 Å². The third kappa shape index (κ3) is 7.00. The zero-order chi connectivity index (χ0) is 43.7. The minimum Gasteiger partial charge on any atom is -0.509 e. The minimum absolute atomic E-state index is 0. The quantitative estimate of drug-likeness (QED) is 0.149. The number of hydrogen-bond donors (Lipinski definition) is 0. The van der Waals surface area contributed by atoms with Gasteiger partial charge in [0.15, 0.2) is 0 Å². The molecule has 0 unspecified atom stereocenters. The summed E-state index contributed by atoms with van der Waals surface area (Å²) in [6.07, 6.45) is 1.72. The largest absolute Gasteiger partial charge is 0.509 e. The minimum atomic E-state index is -0.330. The fourth-order valence-corrected chi connectivity index (χ4v) is 7.81. The van der Waals surface area contributed by atoms with Gasteiger partial charge in [0.2, 0.25) is 0 Å². The second-order valence-electron chi connectivity index (χ2n) is 15.5. The van der Waals surface area contributed by atoms with Crippen LogP contribution in [0.15, 0.2) is 170 Å². The molecule has 0 fully saturated rings. The van der Waals surface area contributed by atoms with Gasteiger partial charge in [-0.25, -0.2) is 4.98 Å². The molecule has 6 heteroatoms. The monoisotopic (exact) mass is 949 g/mol. The van der Waals surface area contributed by atoms with Crippen LogP contribution in [0.2, 0.25) is 0 Å². The fraction of sp³-hybridized carbons (Fsp3) is 0.0943. The Morgan fingerprint density at radius 2 is 1.31 bits per heavy atom. The molecule has 0 aliphatic carbocycles. The fourth-order valence-electron chi connectivity index (χ4n) is 7.81. The second kappa shape index (κ2) is 15.4. The molecule has 0 radical (unpaired) electrons. The van der Waals surface area contributed by atoms with E-state index in [1.165, 1.54) is 0 Å². The van der Waals surface area contributed by atoms with Crippen molar-refractivity contribution < 1.29 is 32.7 Å². The Morgan fingerprint density at radius 1 is 0.661 bits per heavy atom. The molecule has 59 heavy (non-hydrogen) atoms. The Labute approximate surface area is 367 Å². The number of rotatable bonds is 7. The molecule has 0 spiro atoms. The number of benzene rings is 7. The molecule has 0 saturated heterocycles. The summed E-state index contributed by atoms with van der Waals surface area (Å²) < 4.78 is 52.2. The predicted octanol–water partition coefficient (Wildman–Crippen LogP) is 13.9. The van der Waals surface area contributed by atoms with Crippen molar-refractivity contribution in [1.82, 2.24) is 9.55 Å². The van der Waals surface area contributed by atoms with E-state index in [1.807, 2.05) is 41.3 Å². The summed E-state index contributed by atoms with van der Waals surface area (Å²) in [5.41, 5.74) is 10.6. The topological polar surface area (TPSA) is 33.5 Å². The normalized spacial score (nSPS) is 13.7. The summed E-state index contributed by atoms with van der Waals surface area (Å²) in [6.45, 7) is 10.5. The average Bonchev–Trinajstić information content (AvgIpc) is 3.84. The summed E-state index contributed by atoms with van der Waals surface area (Å²) in [6, 6.07) is 50.4. The van der Waals surface area contributed by atoms with Crippen molar-refractivity contribution in [1.29, 1.82) is 0 Å². The number of hydrogen-bond acceptors (Lipinski definition) is 4. The van der Waals surface area contributed by atoms with E-state index in [1.54, 1.807) is 35.0 Å². The van der Waals surface area contributed by atoms with Crippen LogP contribution in [0.1, 0.15) is 38.8 Å². The molecule has 9 aromatic rings. The van der Waals surface area contributed by atoms with E-state index in [-0.39, 0.29) is 56.7 Å². The number of ether oxygens (including phenoxy) is 1. The molecule has 292 valence electrons. The summed E-state index contributed by atoms with van der Waals surface area (Å²) in [7, 11) is 0. The number of fused-ring (bicyclic) bond motifs is 4. The van der Waals surface area contributed by atoms with Gasteiger partial charge in [0, 0.05) is 73.8 Å². The van der Waals surface area contributed by atoms with Crippen LogP contribution >= 0.6 is 0 Å². The van der Waals surface area contributed by atoms with Gasteiger partial charge in [0.25, 0.3) is 0 Å². The van der Waals surface area contributed by atoms with Crippen LogP contribution in [0, 0.1) is 25.7 Å². The maximum Gasteiger partial charge on any atom is 0.135 e. The number of anilines is 4. The number of para-hydroxylation sites is 3. The van der Waals surface area contributed by atoms with Gasteiger partial charge in [0.05, 0.1) is 5.48 Å². The van der Waals surface area contributed by atoms with Crippen molar-refractivity contribution in [3.8, 4) is 39.6 Å². The Bertz CT molecular complexity index is 3200. The molecule has 1 aliphatic heterocycles. The van der Waals surface area contributed by atoms with Crippen LogP contribution in [0.5, 0.6) is 11.5 Å². The zero-order valence-corrected chi connectivity index (χ0v) is 35.1. The van der Waals surface area contributed by atoms with Crippen molar-refractivity contribution >= 4 is 44.6 Å². The van der Waals surface area contributed by atoms with E-state index in [0.717, 1.165) is 50.4 Å². The van der Waals surface area contributed by atoms with Gasteiger partial charge in [0.1, 0.15) is 5.82 Å². The first kappa shape index (κ1) is 32.5. The van der Waals surface area contributed by atoms with Gasteiger partial charge < -0.3 is 19.1 Å².